The fraction of sp³-hybridized carbons (Fsp3) is 0.364. The van der Waals surface area contributed by atoms with Crippen molar-refractivity contribution in [1.82, 2.24) is 0 Å². The minimum Gasteiger partial charge on any atom is -0.504 e. The molecular formula is C11H13NO4. The molecule has 1 aliphatic rings. The van der Waals surface area contributed by atoms with Crippen molar-refractivity contribution in [2.75, 3.05) is 0 Å². The second-order valence-corrected chi connectivity index (χ2v) is 4.25. The van der Waals surface area contributed by atoms with Crippen LogP contribution in [0.2, 0.25) is 0 Å². The number of carboxylic acids is 1. The number of rotatable bonds is 1. The number of carbonyl (C=O) groups is 1. The number of aryl methyl sites for hydroxylation is 1. The van der Waals surface area contributed by atoms with Crippen LogP contribution in [0.5, 0.6) is 11.5 Å². The molecule has 1 aromatic carbocycles. The highest BCUT2D eigenvalue weighted by Gasteiger charge is 2.37. The molecule has 0 bridgehead atoms. The third-order valence-corrected chi connectivity index (χ3v) is 3.07. The number of benzene rings is 1. The predicted octanol–water partition coefficient (Wildman–Crippen LogP) is 0.369. The molecule has 5 heteroatoms. The molecule has 0 aromatic heterocycles. The van der Waals surface area contributed by atoms with Crippen molar-refractivity contribution in [2.24, 2.45) is 5.73 Å². The zero-order valence-electron chi connectivity index (χ0n) is 8.60. The zero-order valence-corrected chi connectivity index (χ0v) is 8.60. The molecule has 86 valence electrons. The number of phenolic OH excluding ortho intramolecular Hbond substituents is 2. The largest absolute Gasteiger partial charge is 0.504 e. The summed E-state index contributed by atoms with van der Waals surface area (Å²) in [6, 6.07) is 2.85. The van der Waals surface area contributed by atoms with Gasteiger partial charge in [0.05, 0.1) is 0 Å². The predicted molar refractivity (Wildman–Crippen MR) is 56.4 cm³/mol. The molecule has 0 radical (unpaired) electrons. The first-order valence-corrected chi connectivity index (χ1v) is 4.98. The number of carboxylic acid groups (broad SMARTS) is 1. The number of nitrogens with two attached hydrogens (primary N) is 1. The van der Waals surface area contributed by atoms with Crippen LogP contribution >= 0.6 is 0 Å². The Kier molecular flexibility index (Phi) is 2.27. The average molecular weight is 223 g/mol. The Bertz CT molecular complexity index is 458. The lowest BCUT2D eigenvalue weighted by Crippen LogP contribution is -2.52. The van der Waals surface area contributed by atoms with Gasteiger partial charge < -0.3 is 21.1 Å². The van der Waals surface area contributed by atoms with Crippen LogP contribution in [0.25, 0.3) is 0 Å². The summed E-state index contributed by atoms with van der Waals surface area (Å²) in [5.74, 6) is -1.46. The quantitative estimate of drug-likeness (QED) is 0.515. The zero-order chi connectivity index (χ0) is 11.9. The van der Waals surface area contributed by atoms with E-state index >= 15 is 0 Å². The van der Waals surface area contributed by atoms with Gasteiger partial charge in [0.15, 0.2) is 11.5 Å². The van der Waals surface area contributed by atoms with E-state index < -0.39 is 11.5 Å². The molecule has 0 saturated carbocycles. The second-order valence-electron chi connectivity index (χ2n) is 4.25. The van der Waals surface area contributed by atoms with Crippen LogP contribution < -0.4 is 5.73 Å². The Morgan fingerprint density at radius 2 is 1.81 bits per heavy atom. The first-order valence-electron chi connectivity index (χ1n) is 4.98. The van der Waals surface area contributed by atoms with Crippen molar-refractivity contribution < 1.29 is 20.1 Å². The van der Waals surface area contributed by atoms with E-state index in [1.807, 2.05) is 0 Å². The van der Waals surface area contributed by atoms with Gasteiger partial charge in [0, 0.05) is 6.42 Å². The van der Waals surface area contributed by atoms with Crippen LogP contribution in [0.3, 0.4) is 0 Å². The fourth-order valence-corrected chi connectivity index (χ4v) is 2.03. The Hall–Kier alpha value is -1.75. The molecule has 1 aliphatic carbocycles. The normalized spacial score (nSPS) is 23.8. The van der Waals surface area contributed by atoms with Gasteiger partial charge in [0.1, 0.15) is 5.54 Å². The Balaban J connectivity index is 2.41. The minimum absolute atomic E-state index is 0.172. The number of hydrogen-bond acceptors (Lipinski definition) is 4. The molecule has 1 atom stereocenters. The third kappa shape index (κ3) is 1.59. The monoisotopic (exact) mass is 223 g/mol. The summed E-state index contributed by atoms with van der Waals surface area (Å²) in [4.78, 5) is 11.0. The molecule has 0 aliphatic heterocycles. The number of aliphatic carboxylic acids is 1. The lowest BCUT2D eigenvalue weighted by molar-refractivity contribution is -0.143. The van der Waals surface area contributed by atoms with E-state index in [2.05, 4.69) is 0 Å². The second kappa shape index (κ2) is 3.38. The van der Waals surface area contributed by atoms with Gasteiger partial charge in [0.2, 0.25) is 0 Å². The van der Waals surface area contributed by atoms with E-state index in [1.165, 1.54) is 12.1 Å². The SMILES string of the molecule is NC1(C(=O)O)CCc2cc(O)c(O)cc2C1. The van der Waals surface area contributed by atoms with E-state index in [0.29, 0.717) is 18.4 Å². The lowest BCUT2D eigenvalue weighted by Gasteiger charge is -2.30. The smallest absolute Gasteiger partial charge is 0.324 e. The highest BCUT2D eigenvalue weighted by Crippen LogP contribution is 2.34. The van der Waals surface area contributed by atoms with Gasteiger partial charge >= 0.3 is 5.97 Å². The topological polar surface area (TPSA) is 104 Å². The Morgan fingerprint density at radius 3 is 2.38 bits per heavy atom. The molecule has 1 aromatic rings. The van der Waals surface area contributed by atoms with Crippen LogP contribution in [0.1, 0.15) is 17.5 Å². The van der Waals surface area contributed by atoms with Crippen LogP contribution in [0.4, 0.5) is 0 Å². The summed E-state index contributed by atoms with van der Waals surface area (Å²) in [5.41, 5.74) is 6.03. The van der Waals surface area contributed by atoms with Gasteiger partial charge in [-0.3, -0.25) is 4.79 Å². The summed E-state index contributed by atoms with van der Waals surface area (Å²) < 4.78 is 0. The summed E-state index contributed by atoms with van der Waals surface area (Å²) in [5, 5.41) is 27.7. The molecule has 1 unspecified atom stereocenters. The molecule has 0 saturated heterocycles. The van der Waals surface area contributed by atoms with Crippen molar-refractivity contribution in [3.05, 3.63) is 23.3 Å². The molecule has 0 amide bonds. The van der Waals surface area contributed by atoms with Crippen molar-refractivity contribution in [3.63, 3.8) is 0 Å². The van der Waals surface area contributed by atoms with Gasteiger partial charge in [-0.15, -0.1) is 0 Å². The first-order chi connectivity index (χ1) is 7.42. The maximum Gasteiger partial charge on any atom is 0.324 e. The molecular weight excluding hydrogens is 210 g/mol. The van der Waals surface area contributed by atoms with E-state index in [0.717, 1.165) is 5.56 Å². The van der Waals surface area contributed by atoms with Crippen molar-refractivity contribution in [1.29, 1.82) is 0 Å². The minimum atomic E-state index is -1.27. The van der Waals surface area contributed by atoms with Crippen molar-refractivity contribution >= 4 is 5.97 Å². The highest BCUT2D eigenvalue weighted by atomic mass is 16.4. The number of fused-ring (bicyclic) bond motifs is 1. The summed E-state index contributed by atoms with van der Waals surface area (Å²) >= 11 is 0. The molecule has 0 heterocycles. The van der Waals surface area contributed by atoms with Gasteiger partial charge in [-0.2, -0.15) is 0 Å². The standard InChI is InChI=1S/C11H13NO4/c12-11(10(15)16)2-1-6-3-8(13)9(14)4-7(6)5-11/h3-4,13-14H,1-2,5,12H2,(H,15,16). The average Bonchev–Trinajstić information content (AvgIpc) is 2.20. The summed E-state index contributed by atoms with van der Waals surface area (Å²) in [6.45, 7) is 0. The molecule has 5 nitrogen and oxygen atoms in total. The highest BCUT2D eigenvalue weighted by molar-refractivity contribution is 5.79. The molecule has 2 rings (SSSR count). The van der Waals surface area contributed by atoms with E-state index in [1.54, 1.807) is 0 Å². The first kappa shape index (κ1) is 10.8. The van der Waals surface area contributed by atoms with Gasteiger partial charge in [-0.1, -0.05) is 0 Å². The number of phenols is 2. The lowest BCUT2D eigenvalue weighted by atomic mass is 9.78. The van der Waals surface area contributed by atoms with Crippen LogP contribution in [0.15, 0.2) is 12.1 Å². The van der Waals surface area contributed by atoms with Gasteiger partial charge in [-0.05, 0) is 36.1 Å². The summed E-state index contributed by atoms with van der Waals surface area (Å²) in [7, 11) is 0. The van der Waals surface area contributed by atoms with E-state index in [9.17, 15) is 15.0 Å². The van der Waals surface area contributed by atoms with Gasteiger partial charge in [-0.25, -0.2) is 0 Å². The Labute approximate surface area is 92.1 Å². The van der Waals surface area contributed by atoms with E-state index in [4.69, 9.17) is 10.8 Å². The van der Waals surface area contributed by atoms with Crippen LogP contribution in [-0.4, -0.2) is 26.8 Å². The molecule has 0 spiro atoms. The van der Waals surface area contributed by atoms with Crippen LogP contribution in [0, 0.1) is 0 Å². The van der Waals surface area contributed by atoms with E-state index in [-0.39, 0.29) is 17.9 Å². The van der Waals surface area contributed by atoms with Crippen molar-refractivity contribution in [2.45, 2.75) is 24.8 Å². The maximum atomic E-state index is 11.0. The van der Waals surface area contributed by atoms with Gasteiger partial charge in [0.25, 0.3) is 0 Å². The molecule has 16 heavy (non-hydrogen) atoms. The number of aromatic hydroxyl groups is 2. The van der Waals surface area contributed by atoms with Crippen molar-refractivity contribution in [3.8, 4) is 11.5 Å². The fourth-order valence-electron chi connectivity index (χ4n) is 2.03. The molecule has 0 fully saturated rings. The molecule has 5 N–H and O–H groups in total. The number of hydrogen-bond donors (Lipinski definition) is 4. The maximum absolute atomic E-state index is 11.0. The Morgan fingerprint density at radius 1 is 1.25 bits per heavy atom. The van der Waals surface area contributed by atoms with Crippen LogP contribution in [-0.2, 0) is 17.6 Å². The summed E-state index contributed by atoms with van der Waals surface area (Å²) in [6.07, 6.45) is 0.997. The third-order valence-electron chi connectivity index (χ3n) is 3.07.